The fraction of sp³-hybridized carbons (Fsp3) is 0.0556. The molecule has 0 spiro atoms. The molecule has 0 aliphatic rings. The zero-order chi connectivity index (χ0) is 17.9. The third-order valence-corrected chi connectivity index (χ3v) is 6.74. The molecular weight excluding hydrogens is 431 g/mol. The number of imidazole rings is 1. The third kappa shape index (κ3) is 3.98. The van der Waals surface area contributed by atoms with Crippen molar-refractivity contribution in [1.82, 2.24) is 15.0 Å². The standard InChI is InChI=1S/C18H14AsClN4OS/c20-12-3-1-2-11(6-12)8-19-18(25)22-13-4-5-14-15(7-13)24-17(23-14)16-9-26-10-21-16/h1-7,9-10,19H,8H2,(H,22,25)(H,23,24). The number of carbonyl (C=O) groups is 1. The number of hydrogen-bond acceptors (Lipinski definition) is 4. The van der Waals surface area contributed by atoms with Crippen LogP contribution in [0.3, 0.4) is 0 Å². The summed E-state index contributed by atoms with van der Waals surface area (Å²) >= 11 is 6.70. The number of benzene rings is 2. The van der Waals surface area contributed by atoms with E-state index in [-0.39, 0.29) is 4.69 Å². The Kier molecular flexibility index (Phi) is 5.06. The zero-order valence-electron chi connectivity index (χ0n) is 13.5. The summed E-state index contributed by atoms with van der Waals surface area (Å²) in [6.45, 7) is 0. The van der Waals surface area contributed by atoms with Gasteiger partial charge in [-0.3, -0.25) is 0 Å². The number of aromatic nitrogens is 3. The van der Waals surface area contributed by atoms with E-state index in [1.165, 1.54) is 11.3 Å². The topological polar surface area (TPSA) is 70.7 Å². The van der Waals surface area contributed by atoms with Crippen LogP contribution in [0.1, 0.15) is 5.56 Å². The Morgan fingerprint density at radius 1 is 1.27 bits per heavy atom. The van der Waals surface area contributed by atoms with E-state index in [0.717, 1.165) is 39.0 Å². The van der Waals surface area contributed by atoms with Gasteiger partial charge in [-0.2, -0.15) is 0 Å². The van der Waals surface area contributed by atoms with Crippen LogP contribution in [-0.4, -0.2) is 35.4 Å². The van der Waals surface area contributed by atoms with E-state index in [4.69, 9.17) is 11.6 Å². The third-order valence-electron chi connectivity index (χ3n) is 3.76. The van der Waals surface area contributed by atoms with Crippen molar-refractivity contribution in [2.75, 3.05) is 5.32 Å². The Labute approximate surface area is 165 Å². The summed E-state index contributed by atoms with van der Waals surface area (Å²) in [7, 11) is 0. The summed E-state index contributed by atoms with van der Waals surface area (Å²) in [6.07, 6.45) is 0. The van der Waals surface area contributed by atoms with Gasteiger partial charge >= 0.3 is 166 Å². The molecule has 4 rings (SSSR count). The summed E-state index contributed by atoms with van der Waals surface area (Å²) in [5.74, 6) is 0.735. The van der Waals surface area contributed by atoms with Crippen LogP contribution >= 0.6 is 22.9 Å². The quantitative estimate of drug-likeness (QED) is 0.445. The first-order chi connectivity index (χ1) is 12.7. The van der Waals surface area contributed by atoms with Crippen LogP contribution in [0.2, 0.25) is 5.02 Å². The van der Waals surface area contributed by atoms with Gasteiger partial charge in [0.1, 0.15) is 0 Å². The Hall–Kier alpha value is -2.14. The number of rotatable bonds is 5. The SMILES string of the molecule is O=C(Nc1ccc2[nH]c(-c3cscn3)nc2c1)[AsH]Cc1cccc(Cl)c1. The van der Waals surface area contributed by atoms with Crippen LogP contribution in [-0.2, 0) is 5.21 Å². The van der Waals surface area contributed by atoms with Crippen molar-refractivity contribution in [1.29, 1.82) is 0 Å². The molecular formula is C18H14AsClN4OS. The molecule has 0 aliphatic heterocycles. The average molecular weight is 445 g/mol. The van der Waals surface area contributed by atoms with Crippen molar-refractivity contribution < 1.29 is 4.79 Å². The van der Waals surface area contributed by atoms with E-state index in [0.29, 0.717) is 5.02 Å². The number of fused-ring (bicyclic) bond motifs is 1. The molecule has 5 nitrogen and oxygen atoms in total. The second-order valence-electron chi connectivity index (χ2n) is 5.63. The van der Waals surface area contributed by atoms with Crippen LogP contribution in [0.5, 0.6) is 0 Å². The Morgan fingerprint density at radius 2 is 2.19 bits per heavy atom. The summed E-state index contributed by atoms with van der Waals surface area (Å²) in [5.41, 5.74) is 6.18. The number of thiazole rings is 1. The molecule has 0 bridgehead atoms. The van der Waals surface area contributed by atoms with E-state index < -0.39 is 15.8 Å². The molecule has 1 unspecified atom stereocenters. The first kappa shape index (κ1) is 17.3. The number of carbonyl (C=O) groups excluding carboxylic acids is 1. The van der Waals surface area contributed by atoms with Gasteiger partial charge in [0.25, 0.3) is 0 Å². The first-order valence-electron chi connectivity index (χ1n) is 7.85. The van der Waals surface area contributed by atoms with E-state index in [9.17, 15) is 4.79 Å². The molecule has 8 heteroatoms. The van der Waals surface area contributed by atoms with Gasteiger partial charge in [0, 0.05) is 0 Å². The molecule has 26 heavy (non-hydrogen) atoms. The van der Waals surface area contributed by atoms with Crippen LogP contribution in [0, 0.1) is 0 Å². The van der Waals surface area contributed by atoms with E-state index >= 15 is 0 Å². The molecule has 0 saturated carbocycles. The second-order valence-corrected chi connectivity index (χ2v) is 9.22. The Balaban J connectivity index is 1.44. The van der Waals surface area contributed by atoms with Crippen molar-refractivity contribution in [2.24, 2.45) is 0 Å². The molecule has 0 radical (unpaired) electrons. The van der Waals surface area contributed by atoms with Crippen LogP contribution in [0.25, 0.3) is 22.6 Å². The van der Waals surface area contributed by atoms with Crippen molar-refractivity contribution in [3.8, 4) is 11.5 Å². The number of halogens is 1. The molecule has 0 saturated heterocycles. The van der Waals surface area contributed by atoms with Crippen molar-refractivity contribution in [3.05, 3.63) is 63.9 Å². The predicted octanol–water partition coefficient (Wildman–Crippen LogP) is 4.51. The molecule has 0 aliphatic carbocycles. The maximum absolute atomic E-state index is 12.3. The van der Waals surface area contributed by atoms with Gasteiger partial charge in [0.05, 0.1) is 0 Å². The van der Waals surface area contributed by atoms with Crippen LogP contribution < -0.4 is 5.32 Å². The minimum absolute atomic E-state index is 0.0829. The number of nitrogens with zero attached hydrogens (tertiary/aromatic N) is 2. The normalized spacial score (nSPS) is 11.4. The molecule has 2 aromatic carbocycles. The summed E-state index contributed by atoms with van der Waals surface area (Å²) in [6, 6.07) is 13.3. The van der Waals surface area contributed by atoms with Gasteiger partial charge in [0.2, 0.25) is 0 Å². The van der Waals surface area contributed by atoms with Crippen LogP contribution in [0.4, 0.5) is 10.5 Å². The van der Waals surface area contributed by atoms with Gasteiger partial charge in [-0.15, -0.1) is 0 Å². The molecule has 2 heterocycles. The number of hydrogen-bond donors (Lipinski definition) is 2. The Bertz CT molecular complexity index is 1060. The van der Waals surface area contributed by atoms with E-state index in [1.54, 1.807) is 5.51 Å². The molecule has 1 atom stereocenters. The number of amides is 1. The number of nitrogens with one attached hydrogen (secondary N) is 2. The maximum atomic E-state index is 12.3. The Morgan fingerprint density at radius 3 is 3.00 bits per heavy atom. The predicted molar refractivity (Wildman–Crippen MR) is 109 cm³/mol. The molecule has 2 aromatic heterocycles. The summed E-state index contributed by atoms with van der Waals surface area (Å²) < 4.78 is 0.0829. The van der Waals surface area contributed by atoms with Gasteiger partial charge < -0.3 is 0 Å². The zero-order valence-corrected chi connectivity index (χ0v) is 17.2. The van der Waals surface area contributed by atoms with E-state index in [1.807, 2.05) is 47.8 Å². The van der Waals surface area contributed by atoms with Gasteiger partial charge in [0.15, 0.2) is 0 Å². The van der Waals surface area contributed by atoms with Crippen LogP contribution in [0.15, 0.2) is 53.4 Å². The fourth-order valence-corrected chi connectivity index (χ4v) is 5.00. The van der Waals surface area contributed by atoms with Gasteiger partial charge in [-0.05, 0) is 0 Å². The van der Waals surface area contributed by atoms with Gasteiger partial charge in [-0.25, -0.2) is 0 Å². The van der Waals surface area contributed by atoms with Crippen molar-refractivity contribution in [2.45, 2.75) is 5.21 Å². The number of H-pyrrole nitrogens is 1. The van der Waals surface area contributed by atoms with E-state index in [2.05, 4.69) is 20.3 Å². The van der Waals surface area contributed by atoms with Crippen molar-refractivity contribution in [3.63, 3.8) is 0 Å². The van der Waals surface area contributed by atoms with Crippen molar-refractivity contribution >= 4 is 60.1 Å². The molecule has 2 N–H and O–H groups in total. The summed E-state index contributed by atoms with van der Waals surface area (Å²) in [4.78, 5) is 24.3. The molecule has 130 valence electrons. The fourth-order valence-electron chi connectivity index (χ4n) is 2.54. The second kappa shape index (κ2) is 7.62. The minimum atomic E-state index is -0.815. The number of aromatic amines is 1. The number of anilines is 1. The first-order valence-corrected chi connectivity index (χ1v) is 11.7. The van der Waals surface area contributed by atoms with Gasteiger partial charge in [-0.1, -0.05) is 0 Å². The summed E-state index contributed by atoms with van der Waals surface area (Å²) in [5, 5.41) is 6.40. The average Bonchev–Trinajstić information content (AvgIpc) is 3.29. The monoisotopic (exact) mass is 444 g/mol. The molecule has 0 fully saturated rings. The molecule has 4 aromatic rings. The molecule has 1 amide bonds.